The van der Waals surface area contributed by atoms with E-state index < -0.39 is 0 Å². The molecule has 0 spiro atoms. The first kappa shape index (κ1) is 17.7. The molecular weight excluding hydrogens is 308 g/mol. The van der Waals surface area contributed by atoms with E-state index in [0.717, 1.165) is 19.5 Å². The summed E-state index contributed by atoms with van der Waals surface area (Å²) in [6.45, 7) is 1.83. The lowest BCUT2D eigenvalue weighted by molar-refractivity contribution is 0.404. The van der Waals surface area contributed by atoms with Gasteiger partial charge in [0.1, 0.15) is 11.5 Å². The number of hydrogen-bond donors (Lipinski definition) is 2. The molecule has 0 amide bonds. The zero-order valence-electron chi connectivity index (χ0n) is 14.5. The Morgan fingerprint density at radius 3 is 2.71 bits per heavy atom. The largest absolute Gasteiger partial charge is 0.497 e. The molecule has 0 aliphatic rings. The van der Waals surface area contributed by atoms with Gasteiger partial charge < -0.3 is 25.0 Å². The van der Waals surface area contributed by atoms with Crippen LogP contribution >= 0.6 is 0 Å². The van der Waals surface area contributed by atoms with E-state index in [9.17, 15) is 0 Å². The second-order valence-corrected chi connectivity index (χ2v) is 5.44. The highest BCUT2D eigenvalue weighted by atomic mass is 16.5. The van der Waals surface area contributed by atoms with E-state index in [2.05, 4.69) is 44.8 Å². The highest BCUT2D eigenvalue weighted by Crippen LogP contribution is 2.30. The van der Waals surface area contributed by atoms with Crippen molar-refractivity contribution in [2.45, 2.75) is 6.42 Å². The van der Waals surface area contributed by atoms with Crippen molar-refractivity contribution in [2.24, 2.45) is 0 Å². The third-order valence-corrected chi connectivity index (χ3v) is 3.30. The lowest BCUT2D eigenvalue weighted by atomic mass is 10.2. The Hall–Kier alpha value is -2.61. The Labute approximate surface area is 142 Å². The van der Waals surface area contributed by atoms with Gasteiger partial charge in [0.05, 0.1) is 26.1 Å². The topological polar surface area (TPSA) is 84.4 Å². The molecule has 24 heavy (non-hydrogen) atoms. The second-order valence-electron chi connectivity index (χ2n) is 5.44. The third-order valence-electron chi connectivity index (χ3n) is 3.30. The molecule has 0 aliphatic carbocycles. The Kier molecular flexibility index (Phi) is 6.56. The average Bonchev–Trinajstić information content (AvgIpc) is 2.59. The number of benzene rings is 1. The predicted molar refractivity (Wildman–Crippen MR) is 94.3 cm³/mol. The molecule has 0 bridgehead atoms. The summed E-state index contributed by atoms with van der Waals surface area (Å²) in [7, 11) is 7.32. The molecule has 2 rings (SSSR count). The van der Waals surface area contributed by atoms with Crippen LogP contribution in [-0.4, -0.2) is 61.5 Å². The highest BCUT2D eigenvalue weighted by molar-refractivity contribution is 5.65. The minimum atomic E-state index is 0.388. The smallest absolute Gasteiger partial charge is 0.249 e. The monoisotopic (exact) mass is 332 g/mol. The number of nitrogens with one attached hydrogen (secondary N) is 2. The van der Waals surface area contributed by atoms with Crippen molar-refractivity contribution >= 4 is 17.5 Å². The van der Waals surface area contributed by atoms with Crippen LogP contribution in [0.2, 0.25) is 0 Å². The quantitative estimate of drug-likeness (QED) is 0.675. The number of aromatic nitrogens is 3. The number of anilines is 3. The normalized spacial score (nSPS) is 10.5. The lowest BCUT2D eigenvalue weighted by Gasteiger charge is -2.12. The van der Waals surface area contributed by atoms with Gasteiger partial charge in [0.2, 0.25) is 5.95 Å². The summed E-state index contributed by atoms with van der Waals surface area (Å²) >= 11 is 0. The van der Waals surface area contributed by atoms with E-state index in [1.807, 2.05) is 18.2 Å². The molecule has 0 unspecified atom stereocenters. The van der Waals surface area contributed by atoms with Crippen LogP contribution in [0.25, 0.3) is 0 Å². The standard InChI is InChI=1S/C16H24N6O2/c1-22(2)9-5-8-17-15-11-18-21-16(20-15)19-13-10-12(23-3)6-7-14(13)24-4/h6-7,10-11H,5,8-9H2,1-4H3,(H2,17,19,20,21). The molecule has 2 N–H and O–H groups in total. The number of methoxy groups -OCH3 is 2. The van der Waals surface area contributed by atoms with Crippen LogP contribution in [0.5, 0.6) is 11.5 Å². The van der Waals surface area contributed by atoms with E-state index in [-0.39, 0.29) is 0 Å². The number of nitrogens with zero attached hydrogens (tertiary/aromatic N) is 4. The van der Waals surface area contributed by atoms with Gasteiger partial charge in [0, 0.05) is 12.6 Å². The van der Waals surface area contributed by atoms with Crippen LogP contribution in [0.3, 0.4) is 0 Å². The SMILES string of the molecule is COc1ccc(OC)c(Nc2nncc(NCCCN(C)C)n2)c1. The molecule has 0 radical (unpaired) electrons. The van der Waals surface area contributed by atoms with Gasteiger partial charge in [-0.15, -0.1) is 5.10 Å². The molecule has 0 atom stereocenters. The third kappa shape index (κ3) is 5.24. The molecule has 0 aliphatic heterocycles. The van der Waals surface area contributed by atoms with E-state index in [4.69, 9.17) is 9.47 Å². The lowest BCUT2D eigenvalue weighted by Crippen LogP contribution is -2.17. The second kappa shape index (κ2) is 8.88. The average molecular weight is 332 g/mol. The van der Waals surface area contributed by atoms with Crippen molar-refractivity contribution in [1.29, 1.82) is 0 Å². The van der Waals surface area contributed by atoms with Crippen LogP contribution in [0.4, 0.5) is 17.5 Å². The van der Waals surface area contributed by atoms with Crippen LogP contribution in [0.1, 0.15) is 6.42 Å². The Bertz CT molecular complexity index is 650. The van der Waals surface area contributed by atoms with Gasteiger partial charge in [-0.1, -0.05) is 0 Å². The summed E-state index contributed by atoms with van der Waals surface area (Å²) in [4.78, 5) is 6.55. The van der Waals surface area contributed by atoms with Crippen molar-refractivity contribution in [3.8, 4) is 11.5 Å². The molecule has 8 heteroatoms. The van der Waals surface area contributed by atoms with E-state index in [1.54, 1.807) is 20.4 Å². The number of rotatable bonds is 9. The Morgan fingerprint density at radius 1 is 1.17 bits per heavy atom. The molecule has 1 aromatic carbocycles. The minimum absolute atomic E-state index is 0.388. The van der Waals surface area contributed by atoms with Crippen molar-refractivity contribution in [2.75, 3.05) is 52.0 Å². The molecule has 2 aromatic rings. The van der Waals surface area contributed by atoms with Gasteiger partial charge in [-0.05, 0) is 39.2 Å². The van der Waals surface area contributed by atoms with Gasteiger partial charge in [0.25, 0.3) is 0 Å². The zero-order chi connectivity index (χ0) is 17.4. The maximum Gasteiger partial charge on any atom is 0.249 e. The van der Waals surface area contributed by atoms with Crippen molar-refractivity contribution < 1.29 is 9.47 Å². The number of hydrogen-bond acceptors (Lipinski definition) is 8. The predicted octanol–water partition coefficient (Wildman–Crippen LogP) is 2.00. The molecule has 1 heterocycles. The van der Waals surface area contributed by atoms with Gasteiger partial charge in [-0.2, -0.15) is 10.1 Å². The minimum Gasteiger partial charge on any atom is -0.497 e. The number of ether oxygens (including phenoxy) is 2. The Morgan fingerprint density at radius 2 is 2.00 bits per heavy atom. The first-order chi connectivity index (χ1) is 11.6. The molecule has 0 saturated heterocycles. The maximum atomic E-state index is 5.33. The van der Waals surface area contributed by atoms with Crippen LogP contribution < -0.4 is 20.1 Å². The fraction of sp³-hybridized carbons (Fsp3) is 0.438. The van der Waals surface area contributed by atoms with Crippen molar-refractivity contribution in [1.82, 2.24) is 20.1 Å². The fourth-order valence-corrected chi connectivity index (χ4v) is 2.09. The molecule has 0 fully saturated rings. The van der Waals surface area contributed by atoms with Crippen LogP contribution in [0.15, 0.2) is 24.4 Å². The summed E-state index contributed by atoms with van der Waals surface area (Å²) in [6.07, 6.45) is 2.62. The maximum absolute atomic E-state index is 5.33. The van der Waals surface area contributed by atoms with E-state index in [0.29, 0.717) is 29.0 Å². The van der Waals surface area contributed by atoms with Gasteiger partial charge >= 0.3 is 0 Å². The molecule has 1 aromatic heterocycles. The van der Waals surface area contributed by atoms with E-state index in [1.165, 1.54) is 0 Å². The summed E-state index contributed by atoms with van der Waals surface area (Å²) in [5.74, 6) is 2.44. The molecule has 130 valence electrons. The van der Waals surface area contributed by atoms with Gasteiger partial charge in [-0.25, -0.2) is 0 Å². The van der Waals surface area contributed by atoms with E-state index >= 15 is 0 Å². The highest BCUT2D eigenvalue weighted by Gasteiger charge is 2.08. The van der Waals surface area contributed by atoms with Crippen molar-refractivity contribution in [3.05, 3.63) is 24.4 Å². The zero-order valence-corrected chi connectivity index (χ0v) is 14.5. The summed E-state index contributed by atoms with van der Waals surface area (Å²) in [6, 6.07) is 5.46. The first-order valence-corrected chi connectivity index (χ1v) is 7.69. The first-order valence-electron chi connectivity index (χ1n) is 7.69. The summed E-state index contributed by atoms with van der Waals surface area (Å²) < 4.78 is 10.6. The molecular formula is C16H24N6O2. The fourth-order valence-electron chi connectivity index (χ4n) is 2.09. The summed E-state index contributed by atoms with van der Waals surface area (Å²) in [5.41, 5.74) is 0.711. The van der Waals surface area contributed by atoms with Crippen LogP contribution in [-0.2, 0) is 0 Å². The Balaban J connectivity index is 2.04. The summed E-state index contributed by atoms with van der Waals surface area (Å²) in [5, 5.41) is 14.3. The molecule has 8 nitrogen and oxygen atoms in total. The van der Waals surface area contributed by atoms with Crippen molar-refractivity contribution in [3.63, 3.8) is 0 Å². The van der Waals surface area contributed by atoms with Crippen LogP contribution in [0, 0.1) is 0 Å². The van der Waals surface area contributed by atoms with Gasteiger partial charge in [-0.3, -0.25) is 0 Å². The van der Waals surface area contributed by atoms with Gasteiger partial charge in [0.15, 0.2) is 5.82 Å². The molecule has 0 saturated carbocycles.